The maximum absolute atomic E-state index is 6.11. The summed E-state index contributed by atoms with van der Waals surface area (Å²) in [6.45, 7) is 2.71. The number of nitrogens with one attached hydrogen (secondary N) is 1. The topological polar surface area (TPSA) is 55.1 Å². The summed E-state index contributed by atoms with van der Waals surface area (Å²) in [5, 5.41) is 7.99. The zero-order valence-electron chi connectivity index (χ0n) is 11.0. The number of anilines is 1. The lowest BCUT2D eigenvalue weighted by Crippen LogP contribution is -2.11. The van der Waals surface area contributed by atoms with Gasteiger partial charge in [-0.05, 0) is 18.9 Å². The fourth-order valence-electron chi connectivity index (χ4n) is 2.07. The predicted molar refractivity (Wildman–Crippen MR) is 79.2 cm³/mol. The molecule has 0 saturated carbocycles. The van der Waals surface area contributed by atoms with E-state index >= 15 is 0 Å². The van der Waals surface area contributed by atoms with Crippen LogP contribution in [0, 0.1) is 6.92 Å². The van der Waals surface area contributed by atoms with Crippen LogP contribution in [0.15, 0.2) is 36.7 Å². The molecule has 2 heterocycles. The molecular weight excluding hydrogens is 274 g/mol. The predicted octanol–water partition coefficient (Wildman–Crippen LogP) is 2.74. The van der Waals surface area contributed by atoms with Crippen LogP contribution in [0.3, 0.4) is 0 Å². The molecule has 0 aliphatic rings. The van der Waals surface area contributed by atoms with Crippen LogP contribution in [-0.4, -0.2) is 26.1 Å². The molecule has 102 valence electrons. The Morgan fingerprint density at radius 2 is 2.05 bits per heavy atom. The van der Waals surface area contributed by atoms with Crippen molar-refractivity contribution in [3.05, 3.63) is 52.9 Å². The zero-order valence-corrected chi connectivity index (χ0v) is 11.8. The molecule has 0 bridgehead atoms. The van der Waals surface area contributed by atoms with Gasteiger partial charge in [0.05, 0.1) is 0 Å². The van der Waals surface area contributed by atoms with Gasteiger partial charge >= 0.3 is 0 Å². The Kier molecular flexibility index (Phi) is 3.52. The highest BCUT2D eigenvalue weighted by molar-refractivity contribution is 6.30. The van der Waals surface area contributed by atoms with Crippen molar-refractivity contribution in [1.29, 1.82) is 0 Å². The van der Waals surface area contributed by atoms with E-state index in [1.807, 2.05) is 25.1 Å². The number of halogens is 1. The van der Waals surface area contributed by atoms with Crippen LogP contribution in [0.25, 0.3) is 5.78 Å². The maximum atomic E-state index is 6.11. The highest BCUT2D eigenvalue weighted by Crippen LogP contribution is 2.21. The number of fused-ring (bicyclic) bond motifs is 1. The largest absolute Gasteiger partial charge is 0.369 e. The van der Waals surface area contributed by atoms with Gasteiger partial charge in [0.15, 0.2) is 0 Å². The number of hydrogen-bond donors (Lipinski definition) is 1. The van der Waals surface area contributed by atoms with Crippen LogP contribution in [-0.2, 0) is 6.42 Å². The third-order valence-electron chi connectivity index (χ3n) is 3.15. The number of benzene rings is 1. The summed E-state index contributed by atoms with van der Waals surface area (Å²) in [4.78, 5) is 8.24. The van der Waals surface area contributed by atoms with E-state index in [9.17, 15) is 0 Å². The van der Waals surface area contributed by atoms with Crippen molar-refractivity contribution in [3.63, 3.8) is 0 Å². The smallest absolute Gasteiger partial charge is 0.255 e. The van der Waals surface area contributed by atoms with Crippen molar-refractivity contribution < 1.29 is 0 Å². The Balaban J connectivity index is 1.80. The third kappa shape index (κ3) is 2.44. The molecule has 0 radical (unpaired) electrons. The van der Waals surface area contributed by atoms with Gasteiger partial charge < -0.3 is 5.32 Å². The van der Waals surface area contributed by atoms with Crippen LogP contribution >= 0.6 is 11.6 Å². The van der Waals surface area contributed by atoms with Crippen LogP contribution < -0.4 is 5.32 Å². The number of hydrogen-bond acceptors (Lipinski definition) is 4. The van der Waals surface area contributed by atoms with E-state index in [0.717, 1.165) is 24.3 Å². The second-order valence-electron chi connectivity index (χ2n) is 4.51. The minimum Gasteiger partial charge on any atom is -0.369 e. The van der Waals surface area contributed by atoms with Crippen molar-refractivity contribution in [2.24, 2.45) is 0 Å². The minimum absolute atomic E-state index is 0.452. The first-order chi connectivity index (χ1) is 9.75. The summed E-state index contributed by atoms with van der Waals surface area (Å²) in [6, 6.07) is 10.3. The Morgan fingerprint density at radius 1 is 1.25 bits per heavy atom. The first-order valence-electron chi connectivity index (χ1n) is 6.39. The zero-order chi connectivity index (χ0) is 13.9. The van der Waals surface area contributed by atoms with E-state index in [4.69, 9.17) is 11.6 Å². The maximum Gasteiger partial charge on any atom is 0.255 e. The number of nitrogens with zero attached hydrogens (tertiary/aromatic N) is 4. The number of aromatic nitrogens is 4. The molecule has 0 atom stereocenters. The fraction of sp³-hybridized carbons (Fsp3) is 0.214. The highest BCUT2D eigenvalue weighted by Gasteiger charge is 2.11. The van der Waals surface area contributed by atoms with Crippen LogP contribution in [0.5, 0.6) is 0 Å². The van der Waals surface area contributed by atoms with Crippen molar-refractivity contribution in [2.45, 2.75) is 13.3 Å². The Bertz CT molecular complexity index is 723. The normalized spacial score (nSPS) is 10.9. The minimum atomic E-state index is 0.452. The van der Waals surface area contributed by atoms with Gasteiger partial charge in [-0.3, -0.25) is 0 Å². The molecule has 6 heteroatoms. The number of rotatable bonds is 4. The summed E-state index contributed by atoms with van der Waals surface area (Å²) in [5.41, 5.74) is 2.16. The molecule has 3 aromatic rings. The van der Waals surface area contributed by atoms with E-state index < -0.39 is 0 Å². The molecule has 0 unspecified atom stereocenters. The Morgan fingerprint density at radius 3 is 2.85 bits per heavy atom. The highest BCUT2D eigenvalue weighted by atomic mass is 35.5. The summed E-state index contributed by atoms with van der Waals surface area (Å²) in [6.07, 6.45) is 2.40. The van der Waals surface area contributed by atoms with E-state index in [0.29, 0.717) is 10.9 Å². The van der Waals surface area contributed by atoms with Crippen molar-refractivity contribution in [2.75, 3.05) is 11.9 Å². The summed E-state index contributed by atoms with van der Waals surface area (Å²) in [5.74, 6) is 1.34. The van der Waals surface area contributed by atoms with Crippen molar-refractivity contribution in [1.82, 2.24) is 19.6 Å². The van der Waals surface area contributed by atoms with E-state index in [1.54, 1.807) is 4.52 Å². The first-order valence-corrected chi connectivity index (χ1v) is 6.77. The lowest BCUT2D eigenvalue weighted by atomic mass is 10.1. The van der Waals surface area contributed by atoms with Crippen molar-refractivity contribution >= 4 is 23.2 Å². The molecule has 0 aliphatic heterocycles. The van der Waals surface area contributed by atoms with E-state index in [-0.39, 0.29) is 0 Å². The second-order valence-corrected chi connectivity index (χ2v) is 4.87. The second kappa shape index (κ2) is 5.46. The van der Waals surface area contributed by atoms with E-state index in [2.05, 4.69) is 32.5 Å². The van der Waals surface area contributed by atoms with Gasteiger partial charge in [-0.25, -0.2) is 0 Å². The van der Waals surface area contributed by atoms with Gasteiger partial charge in [-0.1, -0.05) is 41.9 Å². The van der Waals surface area contributed by atoms with Crippen LogP contribution in [0.2, 0.25) is 5.15 Å². The molecule has 20 heavy (non-hydrogen) atoms. The van der Waals surface area contributed by atoms with E-state index in [1.165, 1.54) is 11.9 Å². The molecule has 1 N–H and O–H groups in total. The summed E-state index contributed by atoms with van der Waals surface area (Å²) in [7, 11) is 0. The van der Waals surface area contributed by atoms with Gasteiger partial charge in [0.1, 0.15) is 17.3 Å². The molecule has 1 aromatic carbocycles. The molecular formula is C14H14ClN5. The van der Waals surface area contributed by atoms with Gasteiger partial charge in [0, 0.05) is 12.1 Å². The molecule has 0 saturated heterocycles. The van der Waals surface area contributed by atoms with Crippen molar-refractivity contribution in [3.8, 4) is 0 Å². The average Bonchev–Trinajstić information content (AvgIpc) is 2.92. The lowest BCUT2D eigenvalue weighted by Gasteiger charge is -2.11. The first kappa shape index (κ1) is 12.9. The lowest BCUT2D eigenvalue weighted by molar-refractivity contribution is 0.903. The molecule has 5 nitrogen and oxygen atoms in total. The monoisotopic (exact) mass is 287 g/mol. The standard InChI is InChI=1S/C14H14ClN5/c1-10-12(15)19-14-17-9-18-20(14)13(10)16-8-7-11-5-3-2-4-6-11/h2-6,9,16H,7-8H2,1H3. The third-order valence-corrected chi connectivity index (χ3v) is 3.52. The average molecular weight is 288 g/mol. The van der Waals surface area contributed by atoms with Gasteiger partial charge in [0.25, 0.3) is 5.78 Å². The molecule has 0 aliphatic carbocycles. The molecule has 0 amide bonds. The summed E-state index contributed by atoms with van der Waals surface area (Å²) >= 11 is 6.11. The molecule has 0 spiro atoms. The van der Waals surface area contributed by atoms with Gasteiger partial charge in [-0.15, -0.1) is 0 Å². The Labute approximate surface area is 121 Å². The molecule has 3 rings (SSSR count). The Hall–Kier alpha value is -2.14. The van der Waals surface area contributed by atoms with Gasteiger partial charge in [-0.2, -0.15) is 19.6 Å². The molecule has 0 fully saturated rings. The fourth-order valence-corrected chi connectivity index (χ4v) is 2.24. The van der Waals surface area contributed by atoms with Crippen LogP contribution in [0.1, 0.15) is 11.1 Å². The molecule has 2 aromatic heterocycles. The SMILES string of the molecule is Cc1c(Cl)nc2ncnn2c1NCCc1ccccc1. The van der Waals surface area contributed by atoms with Crippen LogP contribution in [0.4, 0.5) is 5.82 Å². The van der Waals surface area contributed by atoms with Gasteiger partial charge in [0.2, 0.25) is 0 Å². The summed E-state index contributed by atoms with van der Waals surface area (Å²) < 4.78 is 1.67. The quantitative estimate of drug-likeness (QED) is 0.750.